The summed E-state index contributed by atoms with van der Waals surface area (Å²) in [7, 11) is 0. The van der Waals surface area contributed by atoms with Gasteiger partial charge in [0.1, 0.15) is 11.6 Å². The number of nitrogens with two attached hydrogens (primary N) is 1. The second-order valence-electron chi connectivity index (χ2n) is 4.03. The molecule has 0 radical (unpaired) electrons. The molecule has 0 saturated heterocycles. The van der Waals surface area contributed by atoms with Crippen molar-refractivity contribution in [3.63, 3.8) is 0 Å². The monoisotopic (exact) mass is 314 g/mol. The zero-order valence-corrected chi connectivity index (χ0v) is 12.2. The first-order valence-corrected chi connectivity index (χ1v) is 7.49. The average Bonchev–Trinajstić information content (AvgIpc) is 2.78. The minimum atomic E-state index is -0.597. The fraction of sp³-hybridized carbons (Fsp3) is 0.154. The number of halogens is 2. The fourth-order valence-corrected chi connectivity index (χ4v) is 3.60. The molecule has 20 heavy (non-hydrogen) atoms. The number of rotatable bonds is 4. The molecule has 106 valence electrons. The van der Waals surface area contributed by atoms with E-state index in [1.54, 1.807) is 6.07 Å². The second kappa shape index (κ2) is 6.34. The highest BCUT2D eigenvalue weighted by molar-refractivity contribution is 7.98. The molecule has 0 saturated carbocycles. The van der Waals surface area contributed by atoms with Gasteiger partial charge in [0.25, 0.3) is 5.91 Å². The Balaban J connectivity index is 2.11. The molecule has 0 unspecified atom stereocenters. The number of aryl methyl sites for hydroxylation is 1. The molecule has 0 aliphatic carbocycles. The third kappa shape index (κ3) is 3.36. The summed E-state index contributed by atoms with van der Waals surface area (Å²) in [6.45, 7) is 1.88. The summed E-state index contributed by atoms with van der Waals surface area (Å²) >= 11 is 2.59. The third-order valence-electron chi connectivity index (χ3n) is 2.65. The zero-order valence-electron chi connectivity index (χ0n) is 10.6. The van der Waals surface area contributed by atoms with Crippen molar-refractivity contribution in [2.75, 3.05) is 0 Å². The van der Waals surface area contributed by atoms with Crippen LogP contribution in [-0.2, 0) is 5.75 Å². The van der Waals surface area contributed by atoms with Crippen molar-refractivity contribution in [2.24, 2.45) is 5.84 Å². The molecular formula is C13H12F2N2OS2. The molecule has 0 aliphatic heterocycles. The van der Waals surface area contributed by atoms with E-state index in [2.05, 4.69) is 5.43 Å². The van der Waals surface area contributed by atoms with Gasteiger partial charge in [-0.25, -0.2) is 14.6 Å². The number of carbonyl (C=O) groups is 1. The molecule has 2 aromatic rings. The zero-order chi connectivity index (χ0) is 14.7. The number of thioether (sulfide) groups is 1. The molecule has 0 spiro atoms. The summed E-state index contributed by atoms with van der Waals surface area (Å²) in [5.74, 6) is 4.06. The summed E-state index contributed by atoms with van der Waals surface area (Å²) in [6.07, 6.45) is 0. The van der Waals surface area contributed by atoms with Crippen LogP contribution in [0.1, 0.15) is 20.1 Å². The molecule has 0 atom stereocenters. The predicted octanol–water partition coefficient (Wildman–Crippen LogP) is 3.23. The Bertz CT molecular complexity index is 643. The normalized spacial score (nSPS) is 10.6. The first-order valence-electron chi connectivity index (χ1n) is 5.69. The molecule has 3 nitrogen and oxygen atoms in total. The highest BCUT2D eigenvalue weighted by Crippen LogP contribution is 2.30. The number of hydrogen-bond donors (Lipinski definition) is 2. The number of carbonyl (C=O) groups excluding carboxylic acids is 1. The molecule has 1 aromatic carbocycles. The molecule has 0 bridgehead atoms. The molecule has 3 N–H and O–H groups in total. The lowest BCUT2D eigenvalue weighted by Crippen LogP contribution is -2.29. The van der Waals surface area contributed by atoms with Gasteiger partial charge in [0.05, 0.1) is 4.88 Å². The van der Waals surface area contributed by atoms with Crippen LogP contribution in [-0.4, -0.2) is 5.91 Å². The number of amides is 1. The highest BCUT2D eigenvalue weighted by atomic mass is 32.2. The van der Waals surface area contributed by atoms with E-state index in [-0.39, 0.29) is 5.91 Å². The van der Waals surface area contributed by atoms with Gasteiger partial charge < -0.3 is 0 Å². The van der Waals surface area contributed by atoms with Crippen LogP contribution >= 0.6 is 23.1 Å². The van der Waals surface area contributed by atoms with Crippen molar-refractivity contribution in [1.29, 1.82) is 0 Å². The van der Waals surface area contributed by atoms with Gasteiger partial charge in [-0.3, -0.25) is 10.2 Å². The molecule has 0 fully saturated rings. The van der Waals surface area contributed by atoms with Gasteiger partial charge in [-0.2, -0.15) is 0 Å². The van der Waals surface area contributed by atoms with Crippen LogP contribution < -0.4 is 11.3 Å². The van der Waals surface area contributed by atoms with Crippen molar-refractivity contribution in [3.05, 3.63) is 51.2 Å². The van der Waals surface area contributed by atoms with Crippen molar-refractivity contribution in [3.8, 4) is 0 Å². The van der Waals surface area contributed by atoms with E-state index in [4.69, 9.17) is 5.84 Å². The fourth-order valence-electron chi connectivity index (χ4n) is 1.59. The van der Waals surface area contributed by atoms with Gasteiger partial charge >= 0.3 is 0 Å². The van der Waals surface area contributed by atoms with E-state index in [1.165, 1.54) is 35.2 Å². The summed E-state index contributed by atoms with van der Waals surface area (Å²) < 4.78 is 26.3. The largest absolute Gasteiger partial charge is 0.289 e. The van der Waals surface area contributed by atoms with Gasteiger partial charge in [0.15, 0.2) is 0 Å². The molecule has 7 heteroatoms. The minimum absolute atomic E-state index is 0.345. The van der Waals surface area contributed by atoms with Gasteiger partial charge in [-0.1, -0.05) is 0 Å². The van der Waals surface area contributed by atoms with Gasteiger partial charge in [0.2, 0.25) is 0 Å². The van der Waals surface area contributed by atoms with Crippen molar-refractivity contribution in [2.45, 2.75) is 17.6 Å². The lowest BCUT2D eigenvalue weighted by Gasteiger charge is -2.03. The van der Waals surface area contributed by atoms with Gasteiger partial charge in [-0.05, 0) is 30.7 Å². The summed E-state index contributed by atoms with van der Waals surface area (Å²) in [5.41, 5.74) is 3.01. The number of thiophene rings is 1. The smallest absolute Gasteiger partial charge is 0.275 e. The Kier molecular flexibility index (Phi) is 4.74. The van der Waals surface area contributed by atoms with Crippen LogP contribution in [0.25, 0.3) is 0 Å². The van der Waals surface area contributed by atoms with Crippen molar-refractivity contribution in [1.82, 2.24) is 5.43 Å². The van der Waals surface area contributed by atoms with Gasteiger partial charge in [-0.15, -0.1) is 23.1 Å². The summed E-state index contributed by atoms with van der Waals surface area (Å²) in [6, 6.07) is 5.22. The van der Waals surface area contributed by atoms with Crippen LogP contribution in [0, 0.1) is 18.6 Å². The van der Waals surface area contributed by atoms with Crippen LogP contribution in [0.2, 0.25) is 0 Å². The molecule has 1 aromatic heterocycles. The maximum Gasteiger partial charge on any atom is 0.275 e. The molecule has 1 heterocycles. The average molecular weight is 314 g/mol. The van der Waals surface area contributed by atoms with E-state index in [1.807, 2.05) is 6.92 Å². The quantitative estimate of drug-likeness (QED) is 0.394. The lowest BCUT2D eigenvalue weighted by atomic mass is 10.3. The van der Waals surface area contributed by atoms with Crippen LogP contribution in [0.15, 0.2) is 29.2 Å². The summed E-state index contributed by atoms with van der Waals surface area (Å²) in [4.78, 5) is 13.3. The third-order valence-corrected chi connectivity index (χ3v) is 4.84. The predicted molar refractivity (Wildman–Crippen MR) is 76.6 cm³/mol. The Morgan fingerprint density at radius 2 is 2.15 bits per heavy atom. The Morgan fingerprint density at radius 1 is 1.40 bits per heavy atom. The topological polar surface area (TPSA) is 55.1 Å². The maximum absolute atomic E-state index is 13.5. The lowest BCUT2D eigenvalue weighted by molar-refractivity contribution is 0.0957. The van der Waals surface area contributed by atoms with E-state index in [0.717, 1.165) is 16.5 Å². The second-order valence-corrected chi connectivity index (χ2v) is 6.30. The van der Waals surface area contributed by atoms with Crippen LogP contribution in [0.4, 0.5) is 8.78 Å². The van der Waals surface area contributed by atoms with E-state index in [9.17, 15) is 13.6 Å². The molecule has 2 rings (SSSR count). The summed E-state index contributed by atoms with van der Waals surface area (Å²) in [5, 5.41) is 0. The molecule has 1 amide bonds. The SMILES string of the molecule is Cc1sc(C(=O)NN)cc1CSc1ccc(F)cc1F. The van der Waals surface area contributed by atoms with E-state index >= 15 is 0 Å². The number of nitrogens with one attached hydrogen (secondary N) is 1. The highest BCUT2D eigenvalue weighted by Gasteiger charge is 2.12. The number of hydrazine groups is 1. The van der Waals surface area contributed by atoms with Crippen LogP contribution in [0.3, 0.4) is 0 Å². The number of nitrogen functional groups attached to an aromatic ring is 1. The van der Waals surface area contributed by atoms with E-state index in [0.29, 0.717) is 15.5 Å². The van der Waals surface area contributed by atoms with Gasteiger partial charge in [0, 0.05) is 21.6 Å². The standard InChI is InChI=1S/C13H12F2N2OS2/c1-7-8(4-12(20-7)13(18)17-16)6-19-11-3-2-9(14)5-10(11)15/h2-5H,6,16H2,1H3,(H,17,18). The molecule has 0 aliphatic rings. The first kappa shape index (κ1) is 15.0. The van der Waals surface area contributed by atoms with Crippen molar-refractivity contribution < 1.29 is 13.6 Å². The Labute approximate surface area is 123 Å². The maximum atomic E-state index is 13.5. The number of hydrogen-bond acceptors (Lipinski definition) is 4. The number of benzene rings is 1. The van der Waals surface area contributed by atoms with Crippen molar-refractivity contribution >= 4 is 29.0 Å². The first-order chi connectivity index (χ1) is 9.51. The minimum Gasteiger partial charge on any atom is -0.289 e. The molecular weight excluding hydrogens is 302 g/mol. The Morgan fingerprint density at radius 3 is 2.80 bits per heavy atom. The van der Waals surface area contributed by atoms with E-state index < -0.39 is 11.6 Å². The Hall–Kier alpha value is -1.44. The van der Waals surface area contributed by atoms with Crippen LogP contribution in [0.5, 0.6) is 0 Å².